The average molecular weight is 616 g/mol. The highest BCUT2D eigenvalue weighted by Crippen LogP contribution is 2.39. The minimum atomic E-state index is -1.49. The van der Waals surface area contributed by atoms with Crippen LogP contribution in [0.25, 0.3) is 22.3 Å². The van der Waals surface area contributed by atoms with E-state index in [9.17, 15) is 24.6 Å². The first-order valence-electron chi connectivity index (χ1n) is 14.7. The molecule has 2 aromatic heterocycles. The van der Waals surface area contributed by atoms with Crippen molar-refractivity contribution in [1.29, 1.82) is 0 Å². The van der Waals surface area contributed by atoms with Gasteiger partial charge in [-0.2, -0.15) is 0 Å². The summed E-state index contributed by atoms with van der Waals surface area (Å²) in [7, 11) is 1.44. The third-order valence-electron chi connectivity index (χ3n) is 8.28. The number of aromatic nitrogens is 2. The van der Waals surface area contributed by atoms with Crippen LogP contribution in [0.15, 0.2) is 41.2 Å². The zero-order valence-electron chi connectivity index (χ0n) is 24.9. The fourth-order valence-corrected chi connectivity index (χ4v) is 5.97. The maximum Gasteiger partial charge on any atom is 0.340 e. The Bertz CT molecular complexity index is 1900. The first-order chi connectivity index (χ1) is 21.7. The molecular weight excluding hydrogens is 582 g/mol. The fourth-order valence-electron chi connectivity index (χ4n) is 5.97. The Morgan fingerprint density at radius 3 is 2.58 bits per heavy atom. The molecule has 0 aliphatic carbocycles. The molecule has 2 aliphatic rings. The van der Waals surface area contributed by atoms with Crippen LogP contribution in [0, 0.1) is 0 Å². The number of hydrogen-bond donors (Lipinski definition) is 3. The molecule has 1 atom stereocenters. The number of rotatable bonds is 11. The lowest BCUT2D eigenvalue weighted by molar-refractivity contribution is -0.157. The van der Waals surface area contributed by atoms with Gasteiger partial charge in [0.25, 0.3) is 5.56 Å². The number of esters is 1. The number of nitrogens with zero attached hydrogens (tertiary/aromatic N) is 2. The Hall–Kier alpha value is -5.10. The molecule has 2 aliphatic heterocycles. The molecule has 0 fully saturated rings. The predicted molar refractivity (Wildman–Crippen MR) is 164 cm³/mol. The number of pyridine rings is 2. The third kappa shape index (κ3) is 5.42. The van der Waals surface area contributed by atoms with E-state index < -0.39 is 18.0 Å². The van der Waals surface area contributed by atoms with Gasteiger partial charge in [-0.25, -0.2) is 14.6 Å². The van der Waals surface area contributed by atoms with E-state index in [1.54, 1.807) is 10.6 Å². The summed E-state index contributed by atoms with van der Waals surface area (Å²) in [6, 6.07) is 10.3. The molecule has 0 amide bonds. The Labute approximate surface area is 257 Å². The van der Waals surface area contributed by atoms with Crippen LogP contribution in [-0.2, 0) is 29.1 Å². The molecule has 45 heavy (non-hydrogen) atoms. The number of aryl methyl sites for hydroxylation is 1. The van der Waals surface area contributed by atoms with Crippen molar-refractivity contribution >= 4 is 28.5 Å². The standard InChI is InChI=1S/C33H33N3O9/c1-3-18-19-11-17(43-9-5-4-6-10-44-28-14-24(34)21(32(39)40)13-27(28)42-2)7-8-25(19)35-29-22(18)15-36-26(29)12-20-23(31(36)38)16-45-33(41)30(20)37/h7-8,11-14,30,37H,3-6,9-10,15-16,34H2,1-2H3,(H,39,40). The summed E-state index contributed by atoms with van der Waals surface area (Å²) in [5.74, 6) is -0.465. The number of cyclic esters (lactones) is 1. The largest absolute Gasteiger partial charge is 0.494 e. The highest BCUT2D eigenvalue weighted by atomic mass is 16.5. The van der Waals surface area contributed by atoms with Crippen molar-refractivity contribution in [1.82, 2.24) is 9.55 Å². The van der Waals surface area contributed by atoms with Gasteiger partial charge in [0.15, 0.2) is 17.6 Å². The molecule has 4 N–H and O–H groups in total. The number of carbonyl (C=O) groups is 2. The number of aliphatic hydroxyl groups is 1. The molecule has 234 valence electrons. The molecule has 12 heteroatoms. The molecule has 4 aromatic rings. The number of benzene rings is 2. The molecule has 1 unspecified atom stereocenters. The van der Waals surface area contributed by atoms with Gasteiger partial charge in [-0.05, 0) is 55.5 Å². The number of nitrogen functional groups attached to an aromatic ring is 1. The lowest BCUT2D eigenvalue weighted by Crippen LogP contribution is -2.32. The van der Waals surface area contributed by atoms with Crippen molar-refractivity contribution in [3.05, 3.63) is 74.6 Å². The molecule has 0 saturated carbocycles. The minimum Gasteiger partial charge on any atom is -0.494 e. The summed E-state index contributed by atoms with van der Waals surface area (Å²) in [6.07, 6.45) is 1.61. The van der Waals surface area contributed by atoms with Gasteiger partial charge < -0.3 is 39.5 Å². The SMILES string of the molecule is CCc1c2c(nc3ccc(OCCCCCOc4cc(N)c(C(=O)O)cc4OC)cc13)-c1cc3c(c(=O)n1C2)COC(=O)C3O. The van der Waals surface area contributed by atoms with Crippen molar-refractivity contribution in [3.63, 3.8) is 0 Å². The fraction of sp³-hybridized carbons (Fsp3) is 0.333. The monoisotopic (exact) mass is 615 g/mol. The van der Waals surface area contributed by atoms with Crippen LogP contribution in [0.2, 0.25) is 0 Å². The number of methoxy groups -OCH3 is 1. The lowest BCUT2D eigenvalue weighted by Gasteiger charge is -2.21. The number of aliphatic hydroxyl groups excluding tert-OH is 1. The van der Waals surface area contributed by atoms with Crippen LogP contribution < -0.4 is 25.5 Å². The van der Waals surface area contributed by atoms with E-state index in [0.29, 0.717) is 54.6 Å². The molecule has 12 nitrogen and oxygen atoms in total. The summed E-state index contributed by atoms with van der Waals surface area (Å²) >= 11 is 0. The number of carboxylic acid groups (broad SMARTS) is 1. The number of carbonyl (C=O) groups excluding carboxylic acids is 1. The zero-order chi connectivity index (χ0) is 31.8. The predicted octanol–water partition coefficient (Wildman–Crippen LogP) is 3.99. The normalized spacial score (nSPS) is 14.8. The molecule has 6 rings (SSSR count). The molecule has 0 saturated heterocycles. The van der Waals surface area contributed by atoms with Gasteiger partial charge >= 0.3 is 11.9 Å². The van der Waals surface area contributed by atoms with Crippen molar-refractivity contribution in [2.24, 2.45) is 0 Å². The van der Waals surface area contributed by atoms with Crippen molar-refractivity contribution in [3.8, 4) is 28.6 Å². The quantitative estimate of drug-likeness (QED) is 0.111. The van der Waals surface area contributed by atoms with Crippen LogP contribution in [0.3, 0.4) is 0 Å². The maximum absolute atomic E-state index is 13.3. The Morgan fingerprint density at radius 1 is 1.07 bits per heavy atom. The average Bonchev–Trinajstić information content (AvgIpc) is 3.39. The number of ether oxygens (including phenoxy) is 4. The molecular formula is C33H33N3O9. The summed E-state index contributed by atoms with van der Waals surface area (Å²) in [5, 5.41) is 20.6. The van der Waals surface area contributed by atoms with Crippen molar-refractivity contribution in [2.45, 2.75) is 51.9 Å². The van der Waals surface area contributed by atoms with Crippen LogP contribution >= 0.6 is 0 Å². The summed E-state index contributed by atoms with van der Waals surface area (Å²) in [5.41, 5.74) is 10.2. The van der Waals surface area contributed by atoms with Gasteiger partial charge in [-0.1, -0.05) is 6.92 Å². The molecule has 0 spiro atoms. The summed E-state index contributed by atoms with van der Waals surface area (Å²) in [4.78, 5) is 41.4. The van der Waals surface area contributed by atoms with E-state index in [4.69, 9.17) is 29.7 Å². The first kappa shape index (κ1) is 29.9. The van der Waals surface area contributed by atoms with Crippen LogP contribution in [0.4, 0.5) is 5.69 Å². The molecule has 4 heterocycles. The number of fused-ring (bicyclic) bond motifs is 5. The van der Waals surface area contributed by atoms with E-state index in [2.05, 4.69) is 6.92 Å². The number of nitrogens with two attached hydrogens (primary N) is 1. The van der Waals surface area contributed by atoms with E-state index in [-0.39, 0.29) is 29.0 Å². The highest BCUT2D eigenvalue weighted by Gasteiger charge is 2.34. The Morgan fingerprint density at radius 2 is 1.84 bits per heavy atom. The molecule has 0 radical (unpaired) electrons. The van der Waals surface area contributed by atoms with Crippen molar-refractivity contribution < 1.29 is 38.7 Å². The second-order valence-electron chi connectivity index (χ2n) is 11.0. The number of unbranched alkanes of at least 4 members (excludes halogenated alkanes) is 2. The second-order valence-corrected chi connectivity index (χ2v) is 11.0. The van der Waals surface area contributed by atoms with E-state index in [1.807, 2.05) is 18.2 Å². The molecule has 2 aromatic carbocycles. The van der Waals surface area contributed by atoms with Crippen LogP contribution in [-0.4, -0.2) is 52.0 Å². The Kier molecular flexibility index (Phi) is 8.07. The van der Waals surface area contributed by atoms with Crippen LogP contribution in [0.5, 0.6) is 17.2 Å². The van der Waals surface area contributed by atoms with Gasteiger partial charge in [0.05, 0.1) is 60.6 Å². The number of carboxylic acids is 1. The minimum absolute atomic E-state index is 0.0368. The number of hydrogen-bond acceptors (Lipinski definition) is 10. The smallest absolute Gasteiger partial charge is 0.340 e. The van der Waals surface area contributed by atoms with Crippen molar-refractivity contribution in [2.75, 3.05) is 26.1 Å². The maximum atomic E-state index is 13.3. The van der Waals surface area contributed by atoms with Gasteiger partial charge in [-0.3, -0.25) is 4.79 Å². The summed E-state index contributed by atoms with van der Waals surface area (Å²) in [6.45, 7) is 3.16. The van der Waals surface area contributed by atoms with E-state index in [0.717, 1.165) is 47.0 Å². The van der Waals surface area contributed by atoms with E-state index in [1.165, 1.54) is 19.2 Å². The van der Waals surface area contributed by atoms with E-state index >= 15 is 0 Å². The van der Waals surface area contributed by atoms with Crippen LogP contribution in [0.1, 0.15) is 64.9 Å². The van der Waals surface area contributed by atoms with Gasteiger partial charge in [0.2, 0.25) is 0 Å². The van der Waals surface area contributed by atoms with Gasteiger partial charge in [0.1, 0.15) is 12.4 Å². The van der Waals surface area contributed by atoms with Gasteiger partial charge in [0, 0.05) is 28.6 Å². The summed E-state index contributed by atoms with van der Waals surface area (Å²) < 4.78 is 23.7. The second kappa shape index (κ2) is 12.1. The Balaban J connectivity index is 1.10. The number of anilines is 1. The zero-order valence-corrected chi connectivity index (χ0v) is 24.9. The topological polar surface area (TPSA) is 172 Å². The van der Waals surface area contributed by atoms with Gasteiger partial charge in [-0.15, -0.1) is 0 Å². The highest BCUT2D eigenvalue weighted by molar-refractivity contribution is 5.94. The third-order valence-corrected chi connectivity index (χ3v) is 8.28. The number of aromatic carboxylic acids is 1. The lowest BCUT2D eigenvalue weighted by atomic mass is 9.97. The first-order valence-corrected chi connectivity index (χ1v) is 14.7. The molecule has 0 bridgehead atoms.